The van der Waals surface area contributed by atoms with Gasteiger partial charge in [-0.25, -0.2) is 0 Å². The van der Waals surface area contributed by atoms with Gasteiger partial charge in [-0.15, -0.1) is 0 Å². The summed E-state index contributed by atoms with van der Waals surface area (Å²) in [7, 11) is -44.7. The highest BCUT2D eigenvalue weighted by Gasteiger charge is 2.31. The lowest BCUT2D eigenvalue weighted by molar-refractivity contribution is 0.150. The molecule has 0 unspecified atom stereocenters. The fourth-order valence-corrected chi connectivity index (χ4v) is 13.2. The summed E-state index contributed by atoms with van der Waals surface area (Å²) in [4.78, 5) is 178. The van der Waals surface area contributed by atoms with E-state index in [1.807, 2.05) is 0 Å². The maximum absolute atomic E-state index is 12.3. The molecule has 386 valence electrons. The highest BCUT2D eigenvalue weighted by molar-refractivity contribution is 7.54. The molecule has 0 aromatic carbocycles. The van der Waals surface area contributed by atoms with E-state index in [0.717, 1.165) is 4.90 Å². The Morgan fingerprint density at radius 3 is 0.391 bits per heavy atom. The van der Waals surface area contributed by atoms with Crippen LogP contribution in [-0.2, 0) is 41.1 Å². The summed E-state index contributed by atoms with van der Waals surface area (Å²) in [5.41, 5.74) is 0. The van der Waals surface area contributed by atoms with Crippen LogP contribution in [0.1, 0.15) is 0 Å². The molecule has 0 rings (SSSR count). The Bertz CT molecular complexity index is 1540. The Morgan fingerprint density at radius 1 is 0.172 bits per heavy atom. The summed E-state index contributed by atoms with van der Waals surface area (Å²) >= 11 is 0. The first-order valence-electron chi connectivity index (χ1n) is 17.7. The third kappa shape index (κ3) is 42.0. The Balaban J connectivity index is 6.85. The highest BCUT2D eigenvalue weighted by Crippen LogP contribution is 2.44. The fourth-order valence-electron chi connectivity index (χ4n) is 5.71. The van der Waals surface area contributed by atoms with E-state index in [0.29, 0.717) is 19.6 Å². The molecule has 0 aliphatic heterocycles. The van der Waals surface area contributed by atoms with Gasteiger partial charge in [0.2, 0.25) is 0 Å². The molecule has 0 bridgehead atoms. The van der Waals surface area contributed by atoms with Crippen molar-refractivity contribution in [2.75, 3.05) is 135 Å². The van der Waals surface area contributed by atoms with Crippen molar-refractivity contribution >= 4 is 68.4 Å². The van der Waals surface area contributed by atoms with Crippen molar-refractivity contribution in [3.8, 4) is 0 Å². The van der Waals surface area contributed by atoms with Crippen LogP contribution in [0.15, 0.2) is 0 Å². The van der Waals surface area contributed by atoms with Crippen molar-refractivity contribution in [1.29, 1.82) is 0 Å². The average Bonchev–Trinajstić information content (AvgIpc) is 2.96. The van der Waals surface area contributed by atoms with Crippen molar-refractivity contribution in [3.63, 3.8) is 0 Å². The minimum Gasteiger partial charge on any atom is -0.324 e. The van der Waals surface area contributed by atoms with Crippen molar-refractivity contribution in [1.82, 2.24) is 34.3 Å². The van der Waals surface area contributed by atoms with Crippen molar-refractivity contribution in [3.05, 3.63) is 0 Å². The van der Waals surface area contributed by atoms with Crippen LogP contribution in [0.3, 0.4) is 0 Å². The van der Waals surface area contributed by atoms with Gasteiger partial charge in [0, 0.05) is 78.5 Å². The Hall–Kier alpha value is 1.07. The van der Waals surface area contributed by atoms with Crippen molar-refractivity contribution < 1.29 is 129 Å². The fraction of sp³-hybridized carbons (Fsp3) is 1.00. The van der Waals surface area contributed by atoms with E-state index in [4.69, 9.17) is 0 Å². The van der Waals surface area contributed by atoms with Crippen LogP contribution < -0.4 is 0 Å². The van der Waals surface area contributed by atoms with Gasteiger partial charge in [0.1, 0.15) is 56.6 Å². The third-order valence-electron chi connectivity index (χ3n) is 7.85. The Labute approximate surface area is 366 Å². The van der Waals surface area contributed by atoms with Crippen LogP contribution in [0.2, 0.25) is 0 Å². The van der Waals surface area contributed by atoms with Gasteiger partial charge in [-0.2, -0.15) is 0 Å². The molecule has 0 amide bonds. The molecular formula is C21H60N7O27P9. The normalized spacial score (nSPS) is 14.8. The largest absolute Gasteiger partial charge is 0.339 e. The summed E-state index contributed by atoms with van der Waals surface area (Å²) < 4.78 is 106. The summed E-state index contributed by atoms with van der Waals surface area (Å²) in [5, 5.41) is 0. The zero-order chi connectivity index (χ0) is 50.4. The van der Waals surface area contributed by atoms with Crippen LogP contribution in [-0.4, -0.2) is 257 Å². The maximum atomic E-state index is 12.3. The zero-order valence-electron chi connectivity index (χ0n) is 33.7. The summed E-state index contributed by atoms with van der Waals surface area (Å²) in [6, 6.07) is 0. The van der Waals surface area contributed by atoms with E-state index in [1.54, 1.807) is 0 Å². The number of hydrogen-bond acceptors (Lipinski definition) is 16. The van der Waals surface area contributed by atoms with Crippen LogP contribution >= 0.6 is 68.4 Å². The van der Waals surface area contributed by atoms with Crippen LogP contribution in [0, 0.1) is 0 Å². The van der Waals surface area contributed by atoms with Gasteiger partial charge in [0.15, 0.2) is 0 Å². The van der Waals surface area contributed by atoms with E-state index >= 15 is 0 Å². The second-order valence-electron chi connectivity index (χ2n) is 14.6. The highest BCUT2D eigenvalue weighted by atomic mass is 31.2. The molecule has 0 aromatic rings. The average molecular weight is 1120 g/mol. The molecule has 0 fully saturated rings. The molecule has 0 saturated carbocycles. The number of rotatable bonds is 36. The number of hydrogen-bond donors (Lipinski definition) is 18. The van der Waals surface area contributed by atoms with E-state index < -0.39 is 190 Å². The topological polar surface area (TPSA) is 540 Å². The third-order valence-corrected chi connectivity index (χ3v) is 14.8. The minimum absolute atomic E-state index is 0.351. The van der Waals surface area contributed by atoms with Gasteiger partial charge in [-0.1, -0.05) is 0 Å². The van der Waals surface area contributed by atoms with Gasteiger partial charge in [0.05, 0.1) is 0 Å². The van der Waals surface area contributed by atoms with E-state index in [9.17, 15) is 129 Å². The molecule has 0 spiro atoms. The molecule has 34 nitrogen and oxygen atoms in total. The first-order chi connectivity index (χ1) is 28.3. The lowest BCUT2D eigenvalue weighted by Crippen LogP contribution is -2.46. The molecule has 43 heteroatoms. The van der Waals surface area contributed by atoms with Crippen LogP contribution in [0.25, 0.3) is 0 Å². The molecular weight excluding hydrogens is 1060 g/mol. The standard InChI is InChI=1S/C21H60N7O27P9/c29-56(30,31)13-24(7-1-22(3-9-25(14-57(32,33)34)15-58(35,36)37)4-10-26(16-59(38,39)40)17-60(41,42)43)8-2-23(5-11-27(18-61(44,45)46)19-62(47,48)49)6-12-28(20-63(50,51)52)21-64(53,54)55/h1-21H2,(H2,29,30,31)(H2,32,33,34)(H2,35,36,37)(H2,38,39,40)(H2,41,42,43)(H2,44,45,46)(H2,47,48,49)(H2,50,51,52)(H2,53,54,55). The van der Waals surface area contributed by atoms with Gasteiger partial charge in [-0.3, -0.25) is 75.4 Å². The minimum atomic E-state index is -4.99. The first kappa shape index (κ1) is 65.1. The monoisotopic (exact) mass is 1120 g/mol. The molecule has 0 saturated heterocycles. The molecule has 0 radical (unpaired) electrons. The molecule has 64 heavy (non-hydrogen) atoms. The van der Waals surface area contributed by atoms with Crippen LogP contribution in [0.5, 0.6) is 0 Å². The second kappa shape index (κ2) is 27.0. The van der Waals surface area contributed by atoms with Gasteiger partial charge in [-0.05, 0) is 0 Å². The Kier molecular flexibility index (Phi) is 27.5. The molecule has 0 atom stereocenters. The van der Waals surface area contributed by atoms with Gasteiger partial charge in [0.25, 0.3) is 0 Å². The lowest BCUT2D eigenvalue weighted by atomic mass is 10.3. The lowest BCUT2D eigenvalue weighted by Gasteiger charge is -2.34. The van der Waals surface area contributed by atoms with E-state index in [-0.39, 0.29) is 13.1 Å². The van der Waals surface area contributed by atoms with Crippen molar-refractivity contribution in [2.45, 2.75) is 0 Å². The van der Waals surface area contributed by atoms with Crippen LogP contribution in [0.4, 0.5) is 0 Å². The SMILES string of the molecule is O=P(O)(O)CN(CCN(CCN(CP(=O)(O)O)CP(=O)(O)O)CCN(CP(=O)(O)O)CP(=O)(O)O)CCN(CCN(CP(=O)(O)O)CP(=O)(O)O)CCN(CP(=O)(O)O)CP(=O)(O)O. The van der Waals surface area contributed by atoms with Gasteiger partial charge >= 0.3 is 68.4 Å². The molecule has 0 aromatic heterocycles. The second-order valence-corrected chi connectivity index (χ2v) is 29.1. The van der Waals surface area contributed by atoms with E-state index in [1.165, 1.54) is 9.80 Å². The smallest absolute Gasteiger partial charge is 0.324 e. The van der Waals surface area contributed by atoms with E-state index in [2.05, 4.69) is 0 Å². The number of nitrogens with zero attached hydrogens (tertiary/aromatic N) is 7. The Morgan fingerprint density at radius 2 is 0.266 bits per heavy atom. The molecule has 0 aliphatic carbocycles. The summed E-state index contributed by atoms with van der Waals surface area (Å²) in [6.07, 6.45) is -10.4. The van der Waals surface area contributed by atoms with Crippen molar-refractivity contribution in [2.24, 2.45) is 0 Å². The first-order valence-corrected chi connectivity index (χ1v) is 33.9. The molecule has 0 heterocycles. The molecule has 18 N–H and O–H groups in total. The quantitative estimate of drug-likeness (QED) is 0.0262. The summed E-state index contributed by atoms with van der Waals surface area (Å²) in [5.74, 6) is 0. The maximum Gasteiger partial charge on any atom is 0.339 e. The summed E-state index contributed by atoms with van der Waals surface area (Å²) in [6.45, 7) is -5.30. The predicted molar refractivity (Wildman–Crippen MR) is 223 cm³/mol. The zero-order valence-corrected chi connectivity index (χ0v) is 41.8. The predicted octanol–water partition coefficient (Wildman–Crippen LogP) is -4.68. The van der Waals surface area contributed by atoms with Gasteiger partial charge < -0.3 is 88.1 Å². The molecule has 0 aliphatic rings.